The number of phosphoric acid groups is 1. The zero-order valence-corrected chi connectivity index (χ0v) is 23.8. The number of phosphoric ester groups is 1. The van der Waals surface area contributed by atoms with Crippen LogP contribution in [-0.4, -0.2) is 99.1 Å². The average Bonchev–Trinajstić information content (AvgIpc) is 2.87. The molecule has 230 valence electrons. The zero-order valence-electron chi connectivity index (χ0n) is 22.9. The highest BCUT2D eigenvalue weighted by Gasteiger charge is 2.44. The van der Waals surface area contributed by atoms with Crippen LogP contribution < -0.4 is 10.6 Å². The van der Waals surface area contributed by atoms with Crippen LogP contribution in [0.3, 0.4) is 0 Å². The fourth-order valence-electron chi connectivity index (χ4n) is 3.35. The normalized spacial score (nSPS) is 22.6. The van der Waals surface area contributed by atoms with Gasteiger partial charge in [0.15, 0.2) is 18.2 Å². The molecule has 0 saturated carbocycles. The molecule has 0 aliphatic carbocycles. The van der Waals surface area contributed by atoms with Crippen molar-refractivity contribution in [1.29, 1.82) is 0 Å². The maximum atomic E-state index is 12.1. The van der Waals surface area contributed by atoms with Crippen LogP contribution in [0.4, 0.5) is 4.79 Å². The second-order valence-corrected chi connectivity index (χ2v) is 9.66. The second kappa shape index (κ2) is 17.7. The topological polar surface area (TPSA) is 224 Å². The van der Waals surface area contributed by atoms with Gasteiger partial charge in [-0.2, -0.15) is 0 Å². The van der Waals surface area contributed by atoms with Crippen molar-refractivity contribution in [3.8, 4) is 0 Å². The van der Waals surface area contributed by atoms with Gasteiger partial charge in [0.05, 0.1) is 7.11 Å². The van der Waals surface area contributed by atoms with Crippen molar-refractivity contribution < 1.29 is 71.2 Å². The van der Waals surface area contributed by atoms with Gasteiger partial charge in [-0.05, 0) is 12.8 Å². The summed E-state index contributed by atoms with van der Waals surface area (Å²) in [6.45, 7) is 2.83. The fraction of sp³-hybridized carbons (Fsp3) is 0.727. The molecule has 0 aromatic rings. The van der Waals surface area contributed by atoms with Gasteiger partial charge < -0.3 is 43.4 Å². The van der Waals surface area contributed by atoms with Gasteiger partial charge in [0.1, 0.15) is 25.4 Å². The zero-order chi connectivity index (χ0) is 30.3. The van der Waals surface area contributed by atoms with Crippen LogP contribution in [-0.2, 0) is 56.4 Å². The molecule has 0 bridgehead atoms. The molecule has 5 atom stereocenters. The Balaban J connectivity index is 2.60. The van der Waals surface area contributed by atoms with E-state index in [1.165, 1.54) is 20.8 Å². The minimum atomic E-state index is -4.50. The molecule has 1 rings (SSSR count). The quantitative estimate of drug-likeness (QED) is 0.0610. The predicted octanol–water partition coefficient (Wildman–Crippen LogP) is 0.195. The Kier molecular flexibility index (Phi) is 15.5. The lowest BCUT2D eigenvalue weighted by Crippen LogP contribution is -2.54. The van der Waals surface area contributed by atoms with Gasteiger partial charge in [0.2, 0.25) is 5.88 Å². The first kappa shape index (κ1) is 35.1. The third-order valence-corrected chi connectivity index (χ3v) is 5.91. The molecule has 18 heteroatoms. The lowest BCUT2D eigenvalue weighted by atomic mass is 10.0. The predicted molar refractivity (Wildman–Crippen MR) is 132 cm³/mol. The molecule has 4 N–H and O–H groups in total. The molecule has 17 nitrogen and oxygen atoms in total. The third kappa shape index (κ3) is 13.4. The minimum absolute atomic E-state index is 0.0555. The molecule has 1 heterocycles. The summed E-state index contributed by atoms with van der Waals surface area (Å²) in [7, 11) is -2.43. The molecular weight excluding hydrogens is 563 g/mol. The number of methoxy groups -OCH3 is 1. The van der Waals surface area contributed by atoms with E-state index in [9.17, 15) is 33.7 Å². The van der Waals surface area contributed by atoms with E-state index >= 15 is 0 Å². The monoisotopic (exact) mass is 600 g/mol. The van der Waals surface area contributed by atoms with Crippen molar-refractivity contribution >= 4 is 31.8 Å². The van der Waals surface area contributed by atoms with Gasteiger partial charge in [-0.1, -0.05) is 0 Å². The lowest BCUT2D eigenvalue weighted by Gasteiger charge is -2.39. The number of nitrogens with one attached hydrogen (secondary N) is 2. The summed E-state index contributed by atoms with van der Waals surface area (Å²) in [5.41, 5.74) is 0. The molecule has 1 saturated heterocycles. The molecule has 40 heavy (non-hydrogen) atoms. The van der Waals surface area contributed by atoms with Crippen LogP contribution in [0.25, 0.3) is 0 Å². The number of hydrogen-bond donors (Lipinski definition) is 4. The molecule has 5 unspecified atom stereocenters. The molecule has 2 amide bonds. The average molecular weight is 601 g/mol. The van der Waals surface area contributed by atoms with Gasteiger partial charge >= 0.3 is 31.8 Å². The Labute approximate surface area is 230 Å². The summed E-state index contributed by atoms with van der Waals surface area (Å²) in [6.07, 6.45) is -2.75. The number of carbonyl (C=O) groups is 4. The molecule has 1 aliphatic rings. The summed E-state index contributed by atoms with van der Waals surface area (Å²) < 4.78 is 52.4. The first-order valence-electron chi connectivity index (χ1n) is 12.1. The second-order valence-electron chi connectivity index (χ2n) is 8.18. The first-order chi connectivity index (χ1) is 18.8. The number of hydrogen-bond acceptors (Lipinski definition) is 14. The summed E-state index contributed by atoms with van der Waals surface area (Å²) in [5, 5.41) is 14.1. The van der Waals surface area contributed by atoms with Crippen LogP contribution in [0, 0.1) is 0 Å². The summed E-state index contributed by atoms with van der Waals surface area (Å²) >= 11 is 0. The van der Waals surface area contributed by atoms with Crippen molar-refractivity contribution in [2.75, 3.05) is 40.6 Å². The molecule has 0 radical (unpaired) electrons. The summed E-state index contributed by atoms with van der Waals surface area (Å²) in [6, 6.07) is -0.748. The number of esters is 3. The number of amides is 2. The molecule has 0 aromatic heterocycles. The Morgan fingerprint density at radius 3 is 2.25 bits per heavy atom. The Morgan fingerprint density at radius 2 is 1.70 bits per heavy atom. The number of ether oxygens (including phenoxy) is 6. The summed E-state index contributed by atoms with van der Waals surface area (Å²) in [5.74, 6) is -2.74. The number of rotatable bonds is 16. The number of urea groups is 1. The highest BCUT2D eigenvalue weighted by Crippen LogP contribution is 2.44. The van der Waals surface area contributed by atoms with Crippen molar-refractivity contribution in [3.05, 3.63) is 11.6 Å². The SMILES string of the molecule is CO/C(NC(=O)NCCCCOC1CC(OC(C)=O)C(OC(C)=O)C(COC(C)=O)O1)=C(/CO)OP(=O)(O)OC. The maximum Gasteiger partial charge on any atom is 0.527 e. The van der Waals surface area contributed by atoms with E-state index in [0.29, 0.717) is 12.8 Å². The number of aliphatic hydroxyl groups is 1. The molecule has 1 fully saturated rings. The van der Waals surface area contributed by atoms with Crippen LogP contribution in [0.15, 0.2) is 11.6 Å². The first-order valence-corrected chi connectivity index (χ1v) is 13.6. The van der Waals surface area contributed by atoms with Crippen molar-refractivity contribution in [2.45, 2.75) is 64.6 Å². The van der Waals surface area contributed by atoms with E-state index in [2.05, 4.69) is 19.7 Å². The maximum absolute atomic E-state index is 12.1. The highest BCUT2D eigenvalue weighted by molar-refractivity contribution is 7.47. The highest BCUT2D eigenvalue weighted by atomic mass is 31.2. The standard InChI is InChI=1S/C22H37N2O15P/c1-13(26)35-12-18-20(37-15(3)28)16(36-14(2)27)10-19(38-18)34-9-7-6-8-23-22(29)24-21(32-4)17(11-25)39-40(30,31)33-5/h16,18-20,25H,6-12H2,1-5H3,(H,30,31)(H2,23,24,29)/b21-17-. The van der Waals surface area contributed by atoms with E-state index in [0.717, 1.165) is 14.2 Å². The smallest absolute Gasteiger partial charge is 0.480 e. The van der Waals surface area contributed by atoms with E-state index in [1.54, 1.807) is 0 Å². The van der Waals surface area contributed by atoms with Crippen LogP contribution in [0.1, 0.15) is 40.0 Å². The van der Waals surface area contributed by atoms with Crippen LogP contribution in [0.5, 0.6) is 0 Å². The number of unbranched alkanes of at least 4 members (excludes halogenated alkanes) is 1. The van der Waals surface area contributed by atoms with Gasteiger partial charge in [-0.3, -0.25) is 29.1 Å². The third-order valence-electron chi connectivity index (χ3n) is 5.00. The summed E-state index contributed by atoms with van der Waals surface area (Å²) in [4.78, 5) is 56.0. The van der Waals surface area contributed by atoms with Crippen molar-refractivity contribution in [3.63, 3.8) is 0 Å². The number of aliphatic hydroxyl groups excluding tert-OH is 1. The molecule has 1 aliphatic heterocycles. The molecular formula is C22H37N2O15P. The van der Waals surface area contributed by atoms with E-state index in [4.69, 9.17) is 28.4 Å². The van der Waals surface area contributed by atoms with Gasteiger partial charge in [-0.25, -0.2) is 9.36 Å². The number of carbonyl (C=O) groups excluding carboxylic acids is 4. The van der Waals surface area contributed by atoms with E-state index in [1.807, 2.05) is 0 Å². The minimum Gasteiger partial charge on any atom is -0.480 e. The fourth-order valence-corrected chi connectivity index (χ4v) is 3.84. The van der Waals surface area contributed by atoms with Gasteiger partial charge in [-0.15, -0.1) is 0 Å². The van der Waals surface area contributed by atoms with Crippen LogP contribution in [0.2, 0.25) is 0 Å². The van der Waals surface area contributed by atoms with Gasteiger partial charge in [0.25, 0.3) is 0 Å². The van der Waals surface area contributed by atoms with Crippen molar-refractivity contribution in [1.82, 2.24) is 10.6 Å². The van der Waals surface area contributed by atoms with Crippen LogP contribution >= 0.6 is 7.82 Å². The molecule has 0 aromatic carbocycles. The Morgan fingerprint density at radius 1 is 1.02 bits per heavy atom. The van der Waals surface area contributed by atoms with E-state index < -0.39 is 74.6 Å². The van der Waals surface area contributed by atoms with Crippen molar-refractivity contribution in [2.24, 2.45) is 0 Å². The Bertz CT molecular complexity index is 943. The van der Waals surface area contributed by atoms with Gasteiger partial charge in [0, 0.05) is 47.5 Å². The largest absolute Gasteiger partial charge is 0.527 e. The van der Waals surface area contributed by atoms with E-state index in [-0.39, 0.29) is 26.2 Å². The lowest BCUT2D eigenvalue weighted by molar-refractivity contribution is -0.266. The Hall–Kier alpha value is -2.95. The molecule has 0 spiro atoms.